The maximum absolute atomic E-state index is 14.2. The number of urea groups is 3. The van der Waals surface area contributed by atoms with E-state index in [4.69, 9.17) is 60.8 Å². The summed E-state index contributed by atoms with van der Waals surface area (Å²) in [5.41, 5.74) is -2.36. The van der Waals surface area contributed by atoms with Crippen molar-refractivity contribution in [1.82, 2.24) is 62.6 Å². The van der Waals surface area contributed by atoms with Crippen LogP contribution in [0.2, 0.25) is 0 Å². The Bertz CT molecular complexity index is 7320. The molecule has 12 rings (SSSR count). The standard InChI is InChI=1S/3C37H48N4O5.3CH4/c3*1-25(2)34(41-20-12-19-38-37(41)45)36(44)39-30(21-28-15-7-5-8-16-28)23-32(42)31(22-29-17-9-6-10-18-29)40-33(43)24-46-35-26(3)13-11-14-27(35)4;;;/h3*5-11,13-18,25,30-32,34,42H,12,19-24H2,1-4H3,(H,38,45)(H,39,44)(H,40,43);3*1H4/t3*30-,31-,32-,34-;;;/m000.../s1/i3D3,4D3,6D,9D,10D,11D,13D,14D,17D,18D,22D2,31D;3D3,4D3,11D,12D2,13D,14D,19D2,20D2;6D,9D,10D,17D,18D,22D2,31D;;;. The lowest BCUT2D eigenvalue weighted by Gasteiger charge is -2.37. The minimum atomic E-state index is -3.63. The molecule has 0 unspecified atom stereocenters. The van der Waals surface area contributed by atoms with Crippen molar-refractivity contribution in [3.63, 3.8) is 0 Å². The Morgan fingerprint density at radius 1 is 0.397 bits per heavy atom. The number of carbonyl (C=O) groups is 9. The van der Waals surface area contributed by atoms with E-state index < -0.39 is 372 Å². The lowest BCUT2D eigenvalue weighted by atomic mass is 9.92. The van der Waals surface area contributed by atoms with Crippen molar-refractivity contribution in [3.8, 4) is 17.2 Å². The molecule has 0 bridgehead atoms. The van der Waals surface area contributed by atoms with Gasteiger partial charge < -0.3 is 92.1 Å². The van der Waals surface area contributed by atoms with Crippen molar-refractivity contribution in [1.29, 1.82) is 0 Å². The molecule has 9 aromatic rings. The molecule has 3 heterocycles. The van der Waals surface area contributed by atoms with E-state index in [1.54, 1.807) is 181 Å². The quantitative estimate of drug-likeness (QED) is 0.0169. The molecule has 12 amide bonds. The first-order chi connectivity index (χ1) is 82.3. The lowest BCUT2D eigenvalue weighted by molar-refractivity contribution is -0.129. The molecule has 9 aromatic carbocycles. The molecule has 0 aromatic heterocycles. The number of hydrogen-bond donors (Lipinski definition) is 12. The smallest absolute Gasteiger partial charge is 0.318 e. The van der Waals surface area contributed by atoms with Crippen LogP contribution >= 0.6 is 0 Å². The average molecular weight is 1970 g/mol. The fourth-order valence-electron chi connectivity index (χ4n) is 15.6. The van der Waals surface area contributed by atoms with Crippen LogP contribution in [0.5, 0.6) is 17.2 Å². The largest absolute Gasteiger partial charge is 0.483 e. The number of carbonyl (C=O) groups excluding carboxylic acids is 9. The Morgan fingerprint density at radius 3 is 1.06 bits per heavy atom. The molecule has 3 saturated heterocycles. The summed E-state index contributed by atoms with van der Waals surface area (Å²) in [5, 5.41) is 58.5. The molecular weight excluding hydrogens is 1780 g/mol. The third kappa shape index (κ3) is 36.5. The van der Waals surface area contributed by atoms with E-state index in [9.17, 15) is 66.7 Å². The number of aliphatic hydroxyl groups is 3. The molecular formula is C114H156N12O15. The summed E-state index contributed by atoms with van der Waals surface area (Å²) < 4.78 is 349. The Morgan fingerprint density at radius 2 is 0.716 bits per heavy atom. The number of benzene rings is 9. The fourth-order valence-corrected chi connectivity index (χ4v) is 15.6. The van der Waals surface area contributed by atoms with Gasteiger partial charge in [0.25, 0.3) is 17.7 Å². The second-order valence-electron chi connectivity index (χ2n) is 33.8. The van der Waals surface area contributed by atoms with Gasteiger partial charge in [0.15, 0.2) is 19.8 Å². The normalized spacial score (nSPS) is 21.6. The summed E-state index contributed by atoms with van der Waals surface area (Å²) in [6, 6.07) is 6.96. The van der Waals surface area contributed by atoms with E-state index in [1.807, 2.05) is 10.6 Å². The lowest BCUT2D eigenvalue weighted by Crippen LogP contribution is -2.59. The SMILES string of the molecule is C.C.C.[2H]c1c([2H])c(C([2H])([2H])[2H])c(OCC(=O)N[C@@H](Cc2ccccc2)[C@@H](O)C[C@H](Cc2ccccc2)NC(=O)[C@H](C(C)C)N2C(=O)NC([2H])([2H])C([2H])([2H])C2([2H])[2H])c(C([2H])([2H])[2H])c1[2H].[2H]c1c([2H])c([2H])c(C([2H])([2H])[C@]([2H])(NC(=O)COc2c(C([2H])([2H])[2H])c([2H])c([2H])c([2H])c2C([2H])([2H])[2H])[C@@H](O)C[C@H](Cc2ccccc2)NC(=O)[C@H](C(C)C)N2CCCNC2=O)c([2H])c1[2H].[2H]c1c([2H])c([2H])c(C([2H])([2H])[C@]([2H])(NC(=O)COc2c(C)cccc2C)[C@@H](O)C[C@H](Cc2ccccc2)NC(=O)[C@H](C(C)C)N2CCCNC2=O)c([2H])c1[2H]. The van der Waals surface area contributed by atoms with Crippen LogP contribution in [0.4, 0.5) is 14.4 Å². The molecule has 0 spiro atoms. The fraction of sp³-hybridized carbons (Fsp3) is 0.447. The van der Waals surface area contributed by atoms with Crippen molar-refractivity contribution in [2.75, 3.05) is 59.0 Å². The number of rotatable bonds is 45. The third-order valence-electron chi connectivity index (χ3n) is 22.0. The van der Waals surface area contributed by atoms with Gasteiger partial charge in [-0.3, -0.25) is 28.8 Å². The highest BCUT2D eigenvalue weighted by molar-refractivity contribution is 5.90. The predicted molar refractivity (Wildman–Crippen MR) is 559 cm³/mol. The molecule has 3 fully saturated rings. The van der Waals surface area contributed by atoms with Crippen molar-refractivity contribution >= 4 is 53.5 Å². The summed E-state index contributed by atoms with van der Waals surface area (Å²) in [7, 11) is 0. The average Bonchev–Trinajstić information content (AvgIpc) is 0.702. The van der Waals surface area contributed by atoms with Crippen LogP contribution in [-0.4, -0.2) is 215 Å². The Balaban J connectivity index is 0.000000360. The molecule has 0 saturated carbocycles. The number of nitrogens with one attached hydrogen (secondary N) is 9. The highest BCUT2D eigenvalue weighted by atomic mass is 16.5. The van der Waals surface area contributed by atoms with Crippen molar-refractivity contribution in [2.24, 2.45) is 17.8 Å². The topological polar surface area (TPSA) is 360 Å². The van der Waals surface area contributed by atoms with Crippen LogP contribution < -0.4 is 62.1 Å². The van der Waals surface area contributed by atoms with Gasteiger partial charge in [0.2, 0.25) is 17.7 Å². The van der Waals surface area contributed by atoms with Gasteiger partial charge in [-0.25, -0.2) is 14.4 Å². The zero-order valence-corrected chi connectivity index (χ0v) is 77.7. The first-order valence-corrected chi connectivity index (χ1v) is 44.9. The summed E-state index contributed by atoms with van der Waals surface area (Å²) in [4.78, 5) is 125. The number of aryl methyl sites for hydroxylation is 2. The second kappa shape index (κ2) is 58.8. The first kappa shape index (κ1) is 68.1. The number of para-hydroxylation sites is 3. The zero-order valence-electron chi connectivity index (χ0n) is 118. The van der Waals surface area contributed by atoms with Crippen LogP contribution in [-0.2, 0) is 67.2 Å². The van der Waals surface area contributed by atoms with E-state index in [0.717, 1.165) is 0 Å². The van der Waals surface area contributed by atoms with Gasteiger partial charge >= 0.3 is 18.1 Å². The van der Waals surface area contributed by atoms with Gasteiger partial charge in [-0.1, -0.05) is 300 Å². The minimum absolute atomic E-state index is 0. The molecule has 0 radical (unpaired) electrons. The summed E-state index contributed by atoms with van der Waals surface area (Å²) in [6.45, 7) is -7.87. The molecule has 762 valence electrons. The summed E-state index contributed by atoms with van der Waals surface area (Å²) in [5.74, 6) is -9.13. The number of nitrogens with zero attached hydrogens (tertiary/aromatic N) is 3. The van der Waals surface area contributed by atoms with Gasteiger partial charge in [-0.05, 0) is 203 Å². The van der Waals surface area contributed by atoms with Crippen molar-refractivity contribution in [2.45, 2.75) is 255 Å². The van der Waals surface area contributed by atoms with E-state index >= 15 is 0 Å². The minimum Gasteiger partial charge on any atom is -0.483 e. The molecule has 0 aliphatic carbocycles. The number of ether oxygens (including phenoxy) is 3. The van der Waals surface area contributed by atoms with Crippen LogP contribution in [0.15, 0.2) is 236 Å². The predicted octanol–water partition coefficient (Wildman–Crippen LogP) is 14.9. The first-order valence-electron chi connectivity index (χ1n) is 64.9. The molecule has 3 aliphatic rings. The highest BCUT2D eigenvalue weighted by Gasteiger charge is 2.40. The van der Waals surface area contributed by atoms with Gasteiger partial charge in [0.05, 0.1) is 61.1 Å². The molecule has 12 N–H and O–H groups in total. The monoisotopic (exact) mass is 1970 g/mol. The number of hydrogen-bond acceptors (Lipinski definition) is 15. The van der Waals surface area contributed by atoms with Crippen LogP contribution in [0, 0.1) is 59.0 Å². The van der Waals surface area contributed by atoms with Crippen LogP contribution in [0.3, 0.4) is 0 Å². The van der Waals surface area contributed by atoms with E-state index in [2.05, 4.69) is 37.2 Å². The zero-order chi connectivity index (χ0) is 134. The summed E-state index contributed by atoms with van der Waals surface area (Å²) in [6.07, 6.45) is -16.9. The van der Waals surface area contributed by atoms with Crippen LogP contribution in [0.1, 0.15) is 224 Å². The van der Waals surface area contributed by atoms with Crippen LogP contribution in [0.25, 0.3) is 0 Å². The molecule has 27 heteroatoms. The summed E-state index contributed by atoms with van der Waals surface area (Å²) >= 11 is 0. The Hall–Kier alpha value is -13.1. The number of amides is 12. The van der Waals surface area contributed by atoms with Gasteiger partial charge in [-0.2, -0.15) is 0 Å². The second-order valence-corrected chi connectivity index (χ2v) is 33.8. The van der Waals surface area contributed by atoms with Gasteiger partial charge in [0, 0.05) is 87.5 Å². The maximum atomic E-state index is 14.2. The van der Waals surface area contributed by atoms with Gasteiger partial charge in [-0.15, -0.1) is 0 Å². The molecule has 12 atom stereocenters. The van der Waals surface area contributed by atoms with Gasteiger partial charge in [0.1, 0.15) is 35.4 Å². The number of aliphatic hydroxyl groups excluding tert-OH is 3. The molecule has 3 aliphatic heterocycles. The highest BCUT2D eigenvalue weighted by Crippen LogP contribution is 2.29. The Kier molecular flexibility index (Phi) is 28.4. The van der Waals surface area contributed by atoms with E-state index in [0.29, 0.717) is 76.5 Å². The maximum Gasteiger partial charge on any atom is 0.318 e. The molecule has 141 heavy (non-hydrogen) atoms. The van der Waals surface area contributed by atoms with Crippen molar-refractivity contribution in [3.05, 3.63) is 303 Å². The van der Waals surface area contributed by atoms with Crippen molar-refractivity contribution < 1.29 is 128 Å². The van der Waals surface area contributed by atoms with E-state index in [-0.39, 0.29) is 66.8 Å². The van der Waals surface area contributed by atoms with E-state index in [1.165, 1.54) is 23.6 Å². The molecule has 27 nitrogen and oxygen atoms in total. The Labute approximate surface area is 892 Å². The third-order valence-corrected chi connectivity index (χ3v) is 22.0.